The quantitative estimate of drug-likeness (QED) is 0.140. The summed E-state index contributed by atoms with van der Waals surface area (Å²) in [5, 5.41) is 10.6. The SMILES string of the molecule is CC[C@H](C)/C(CCCCCc1ccccc1)=N\NC(=O)NCC1CCC(C(=O)NCc2ccc(C)cc2)CC1. The third kappa shape index (κ3) is 11.2. The van der Waals surface area contributed by atoms with Crippen LogP contribution < -0.4 is 16.1 Å². The summed E-state index contributed by atoms with van der Waals surface area (Å²) >= 11 is 0. The third-order valence-electron chi connectivity index (χ3n) is 8.08. The predicted octanol–water partition coefficient (Wildman–Crippen LogP) is 6.92. The molecule has 2 aromatic carbocycles. The number of hydrogen-bond donors (Lipinski definition) is 3. The van der Waals surface area contributed by atoms with E-state index in [9.17, 15) is 9.59 Å². The first kappa shape index (κ1) is 30.4. The summed E-state index contributed by atoms with van der Waals surface area (Å²) < 4.78 is 0. The smallest absolute Gasteiger partial charge is 0.335 e. The third-order valence-corrected chi connectivity index (χ3v) is 8.08. The normalized spacial score (nSPS) is 18.3. The van der Waals surface area contributed by atoms with Gasteiger partial charge in [0.25, 0.3) is 0 Å². The van der Waals surface area contributed by atoms with Crippen molar-refractivity contribution in [1.82, 2.24) is 16.1 Å². The van der Waals surface area contributed by atoms with E-state index in [1.54, 1.807) is 0 Å². The highest BCUT2D eigenvalue weighted by Crippen LogP contribution is 2.28. The second-order valence-corrected chi connectivity index (χ2v) is 11.2. The highest BCUT2D eigenvalue weighted by Gasteiger charge is 2.26. The van der Waals surface area contributed by atoms with E-state index in [-0.39, 0.29) is 17.9 Å². The maximum absolute atomic E-state index is 12.6. The lowest BCUT2D eigenvalue weighted by Gasteiger charge is -2.27. The Balaban J connectivity index is 1.31. The maximum atomic E-state index is 12.6. The number of aryl methyl sites for hydroxylation is 2. The molecule has 1 aliphatic rings. The van der Waals surface area contributed by atoms with E-state index in [2.05, 4.69) is 96.5 Å². The van der Waals surface area contributed by atoms with Gasteiger partial charge in [0, 0.05) is 24.7 Å². The molecule has 0 aliphatic heterocycles. The van der Waals surface area contributed by atoms with Crippen molar-refractivity contribution in [2.24, 2.45) is 22.9 Å². The maximum Gasteiger partial charge on any atom is 0.335 e. The molecule has 3 N–H and O–H groups in total. The van der Waals surface area contributed by atoms with E-state index in [0.29, 0.717) is 24.9 Å². The average molecular weight is 533 g/mol. The van der Waals surface area contributed by atoms with Gasteiger partial charge in [0.1, 0.15) is 0 Å². The second-order valence-electron chi connectivity index (χ2n) is 11.2. The molecule has 0 unspecified atom stereocenters. The lowest BCUT2D eigenvalue weighted by Crippen LogP contribution is -2.39. The topological polar surface area (TPSA) is 82.6 Å². The van der Waals surface area contributed by atoms with Crippen LogP contribution in [0.3, 0.4) is 0 Å². The van der Waals surface area contributed by atoms with Gasteiger partial charge in [-0.05, 0) is 87.7 Å². The largest absolute Gasteiger partial charge is 0.352 e. The van der Waals surface area contributed by atoms with Crippen LogP contribution in [-0.2, 0) is 17.8 Å². The number of carbonyl (C=O) groups excluding carboxylic acids is 2. The number of unbranched alkanes of at least 4 members (excludes halogenated alkanes) is 2. The average Bonchev–Trinajstić information content (AvgIpc) is 2.97. The van der Waals surface area contributed by atoms with E-state index in [0.717, 1.165) is 69.1 Å². The zero-order chi connectivity index (χ0) is 27.9. The fourth-order valence-electron chi connectivity index (χ4n) is 5.17. The molecule has 0 radical (unpaired) electrons. The summed E-state index contributed by atoms with van der Waals surface area (Å²) in [6, 6.07) is 18.6. The van der Waals surface area contributed by atoms with Crippen molar-refractivity contribution in [2.45, 2.75) is 91.5 Å². The zero-order valence-electron chi connectivity index (χ0n) is 24.2. The molecular formula is C33H48N4O2. The molecule has 6 nitrogen and oxygen atoms in total. The number of amides is 3. The Kier molecular flexibility index (Phi) is 13.0. The number of nitrogens with one attached hydrogen (secondary N) is 3. The Bertz CT molecular complexity index is 1030. The predicted molar refractivity (Wildman–Crippen MR) is 161 cm³/mol. The first-order valence-electron chi connectivity index (χ1n) is 14.9. The molecule has 1 fully saturated rings. The zero-order valence-corrected chi connectivity index (χ0v) is 24.2. The van der Waals surface area contributed by atoms with Gasteiger partial charge in [0.05, 0.1) is 0 Å². The van der Waals surface area contributed by atoms with Crippen molar-refractivity contribution in [2.75, 3.05) is 6.54 Å². The van der Waals surface area contributed by atoms with Crippen LogP contribution in [0.2, 0.25) is 0 Å². The molecule has 1 aliphatic carbocycles. The van der Waals surface area contributed by atoms with Crippen LogP contribution in [0.1, 0.15) is 88.3 Å². The van der Waals surface area contributed by atoms with Gasteiger partial charge < -0.3 is 10.6 Å². The molecule has 0 heterocycles. The first-order chi connectivity index (χ1) is 18.9. The van der Waals surface area contributed by atoms with Gasteiger partial charge in [0.2, 0.25) is 5.91 Å². The second kappa shape index (κ2) is 16.7. The summed E-state index contributed by atoms with van der Waals surface area (Å²) in [4.78, 5) is 25.1. The summed E-state index contributed by atoms with van der Waals surface area (Å²) in [5.41, 5.74) is 7.55. The Hall–Kier alpha value is -3.15. The fraction of sp³-hybridized carbons (Fsp3) is 0.545. The van der Waals surface area contributed by atoms with Crippen molar-refractivity contribution >= 4 is 17.6 Å². The highest BCUT2D eigenvalue weighted by molar-refractivity contribution is 5.87. The molecule has 1 saturated carbocycles. The standard InChI is InChI=1S/C33H48N4O2/c1-4-26(3)31(14-10-6-9-13-27-11-7-5-8-12-27)36-37-33(39)35-24-29-19-21-30(22-20-29)32(38)34-23-28-17-15-25(2)16-18-28/h5,7-8,11-12,15-18,26,29-30H,4,6,9-10,13-14,19-24H2,1-3H3,(H,34,38)(H2,35,37,39)/b36-31-/t26-,29?,30?/m0/s1. The van der Waals surface area contributed by atoms with E-state index < -0.39 is 0 Å². The van der Waals surface area contributed by atoms with Crippen LogP contribution in [0, 0.1) is 24.7 Å². The van der Waals surface area contributed by atoms with Crippen molar-refractivity contribution in [3.05, 3.63) is 71.3 Å². The molecule has 1 atom stereocenters. The number of urea groups is 1. The summed E-state index contributed by atoms with van der Waals surface area (Å²) in [6.45, 7) is 7.60. The van der Waals surface area contributed by atoms with Crippen LogP contribution >= 0.6 is 0 Å². The molecular weight excluding hydrogens is 484 g/mol. The van der Waals surface area contributed by atoms with Crippen LogP contribution in [0.4, 0.5) is 4.79 Å². The summed E-state index contributed by atoms with van der Waals surface area (Å²) in [7, 11) is 0. The minimum Gasteiger partial charge on any atom is -0.352 e. The molecule has 3 amide bonds. The van der Waals surface area contributed by atoms with E-state index in [1.165, 1.54) is 17.5 Å². The number of rotatable bonds is 14. The van der Waals surface area contributed by atoms with E-state index >= 15 is 0 Å². The van der Waals surface area contributed by atoms with Crippen molar-refractivity contribution in [1.29, 1.82) is 0 Å². The Labute approximate surface area is 235 Å². The van der Waals surface area contributed by atoms with Crippen LogP contribution in [0.5, 0.6) is 0 Å². The number of carbonyl (C=O) groups is 2. The Morgan fingerprint density at radius 2 is 1.62 bits per heavy atom. The lowest BCUT2D eigenvalue weighted by atomic mass is 9.81. The van der Waals surface area contributed by atoms with E-state index in [1.807, 2.05) is 0 Å². The molecule has 212 valence electrons. The van der Waals surface area contributed by atoms with Gasteiger partial charge in [-0.15, -0.1) is 0 Å². The van der Waals surface area contributed by atoms with Gasteiger partial charge >= 0.3 is 6.03 Å². The fourth-order valence-corrected chi connectivity index (χ4v) is 5.17. The molecule has 0 bridgehead atoms. The highest BCUT2D eigenvalue weighted by atomic mass is 16.2. The van der Waals surface area contributed by atoms with Crippen LogP contribution in [0.15, 0.2) is 59.7 Å². The molecule has 0 saturated heterocycles. The first-order valence-corrected chi connectivity index (χ1v) is 14.9. The van der Waals surface area contributed by atoms with Gasteiger partial charge in [0.15, 0.2) is 0 Å². The van der Waals surface area contributed by atoms with Crippen molar-refractivity contribution < 1.29 is 9.59 Å². The molecule has 2 aromatic rings. The molecule has 39 heavy (non-hydrogen) atoms. The van der Waals surface area contributed by atoms with Gasteiger partial charge in [-0.3, -0.25) is 4.79 Å². The minimum atomic E-state index is -0.238. The monoisotopic (exact) mass is 532 g/mol. The lowest BCUT2D eigenvalue weighted by molar-refractivity contribution is -0.126. The van der Waals surface area contributed by atoms with Crippen molar-refractivity contribution in [3.8, 4) is 0 Å². The number of nitrogens with zero attached hydrogens (tertiary/aromatic N) is 1. The number of hydrogen-bond acceptors (Lipinski definition) is 3. The van der Waals surface area contributed by atoms with Crippen LogP contribution in [0.25, 0.3) is 0 Å². The van der Waals surface area contributed by atoms with E-state index in [4.69, 9.17) is 0 Å². The number of benzene rings is 2. The Morgan fingerprint density at radius 1 is 0.897 bits per heavy atom. The van der Waals surface area contributed by atoms with Gasteiger partial charge in [-0.2, -0.15) is 5.10 Å². The summed E-state index contributed by atoms with van der Waals surface area (Å²) in [5.74, 6) is 0.967. The summed E-state index contributed by atoms with van der Waals surface area (Å²) in [6.07, 6.45) is 10.1. The van der Waals surface area contributed by atoms with Gasteiger partial charge in [-0.25, -0.2) is 10.2 Å². The minimum absolute atomic E-state index is 0.0657. The molecule has 0 aromatic heterocycles. The molecule has 3 rings (SSSR count). The van der Waals surface area contributed by atoms with Crippen LogP contribution in [-0.4, -0.2) is 24.2 Å². The molecule has 0 spiro atoms. The van der Waals surface area contributed by atoms with Crippen molar-refractivity contribution in [3.63, 3.8) is 0 Å². The van der Waals surface area contributed by atoms with Gasteiger partial charge in [-0.1, -0.05) is 80.4 Å². The molecule has 6 heteroatoms. The number of hydrazone groups is 1. The Morgan fingerprint density at radius 3 is 2.31 bits per heavy atom.